The number of nitrogens with one attached hydrogen (secondary N) is 3. The Bertz CT molecular complexity index is 1090. The summed E-state index contributed by atoms with van der Waals surface area (Å²) in [6.45, 7) is 1.70. The van der Waals surface area contributed by atoms with Crippen LogP contribution in [0.3, 0.4) is 0 Å². The monoisotopic (exact) mass is 491 g/mol. The molecule has 0 radical (unpaired) electrons. The summed E-state index contributed by atoms with van der Waals surface area (Å²) in [4.78, 5) is 23.1. The summed E-state index contributed by atoms with van der Waals surface area (Å²) >= 11 is 12.1. The van der Waals surface area contributed by atoms with E-state index in [1.54, 1.807) is 6.92 Å². The van der Waals surface area contributed by atoms with Crippen molar-refractivity contribution in [3.63, 3.8) is 0 Å². The third kappa shape index (κ3) is 6.06. The molecule has 0 saturated carbocycles. The van der Waals surface area contributed by atoms with Crippen molar-refractivity contribution in [1.82, 2.24) is 10.9 Å². The van der Waals surface area contributed by atoms with Gasteiger partial charge in [0, 0.05) is 11.6 Å². The van der Waals surface area contributed by atoms with Crippen LogP contribution in [0.15, 0.2) is 35.2 Å². The summed E-state index contributed by atoms with van der Waals surface area (Å²) in [6, 6.07) is 6.28. The average molecular weight is 492 g/mol. The van der Waals surface area contributed by atoms with Crippen LogP contribution in [0.1, 0.15) is 17.3 Å². The fourth-order valence-corrected chi connectivity index (χ4v) is 4.17. The Morgan fingerprint density at radius 2 is 1.65 bits per heavy atom. The van der Waals surface area contributed by atoms with E-state index >= 15 is 0 Å². The number of hydrazine groups is 1. The molecule has 0 fully saturated rings. The van der Waals surface area contributed by atoms with Gasteiger partial charge in [-0.15, -0.1) is 0 Å². The molecule has 0 atom stereocenters. The first-order valence-corrected chi connectivity index (χ1v) is 10.8. The van der Waals surface area contributed by atoms with Crippen LogP contribution in [0, 0.1) is 0 Å². The molecule has 0 saturated heterocycles. The van der Waals surface area contributed by atoms with Crippen LogP contribution in [0.25, 0.3) is 0 Å². The van der Waals surface area contributed by atoms with Crippen LogP contribution < -0.4 is 25.0 Å². The Morgan fingerprint density at radius 3 is 2.26 bits per heavy atom. The van der Waals surface area contributed by atoms with Crippen LogP contribution in [-0.2, 0) is 14.8 Å². The van der Waals surface area contributed by atoms with Crippen LogP contribution in [0.4, 0.5) is 10.5 Å². The SMILES string of the molecule is CCOC(=O)NNC(=O)c1ccc(Cl)c(S(=O)(=O)Nc2cc(Cl)c(OC)cc2OC)c1. The van der Waals surface area contributed by atoms with Gasteiger partial charge in [0.2, 0.25) is 0 Å². The third-order valence-corrected chi connectivity index (χ3v) is 5.90. The molecule has 0 unspecified atom stereocenters. The maximum absolute atomic E-state index is 12.9. The van der Waals surface area contributed by atoms with Gasteiger partial charge in [0.05, 0.1) is 36.6 Å². The molecule has 31 heavy (non-hydrogen) atoms. The van der Waals surface area contributed by atoms with Gasteiger partial charge in [-0.3, -0.25) is 14.9 Å². The minimum absolute atomic E-state index is 0.0307. The Morgan fingerprint density at radius 1 is 0.968 bits per heavy atom. The number of carbonyl (C=O) groups is 2. The van der Waals surface area contributed by atoms with E-state index in [-0.39, 0.29) is 44.3 Å². The quantitative estimate of drug-likeness (QED) is 0.506. The number of benzene rings is 2. The van der Waals surface area contributed by atoms with Crippen LogP contribution in [-0.4, -0.2) is 41.2 Å². The average Bonchev–Trinajstić information content (AvgIpc) is 2.72. The van der Waals surface area contributed by atoms with Crippen molar-refractivity contribution in [2.45, 2.75) is 11.8 Å². The zero-order chi connectivity index (χ0) is 23.2. The van der Waals surface area contributed by atoms with E-state index in [2.05, 4.69) is 14.9 Å². The fourth-order valence-electron chi connectivity index (χ4n) is 2.34. The topological polar surface area (TPSA) is 132 Å². The molecule has 10 nitrogen and oxygen atoms in total. The number of anilines is 1. The molecule has 2 amide bonds. The molecular weight excluding hydrogens is 473 g/mol. The third-order valence-electron chi connectivity index (χ3n) is 3.75. The summed E-state index contributed by atoms with van der Waals surface area (Å²) in [6.07, 6.45) is -0.872. The maximum atomic E-state index is 12.9. The van der Waals surface area contributed by atoms with E-state index in [0.717, 1.165) is 6.07 Å². The molecule has 2 aromatic rings. The van der Waals surface area contributed by atoms with Crippen molar-refractivity contribution >= 4 is 50.9 Å². The van der Waals surface area contributed by atoms with Crippen molar-refractivity contribution in [2.75, 3.05) is 25.5 Å². The van der Waals surface area contributed by atoms with E-state index < -0.39 is 22.0 Å². The van der Waals surface area contributed by atoms with Crippen molar-refractivity contribution in [3.05, 3.63) is 45.9 Å². The molecule has 0 aliphatic heterocycles. The summed E-state index contributed by atoms with van der Waals surface area (Å²) in [7, 11) is -1.52. The molecule has 0 aliphatic rings. The van der Waals surface area contributed by atoms with Gasteiger partial charge in [-0.1, -0.05) is 23.2 Å². The van der Waals surface area contributed by atoms with Gasteiger partial charge in [-0.25, -0.2) is 18.6 Å². The number of hydrogen-bond donors (Lipinski definition) is 3. The highest BCUT2D eigenvalue weighted by molar-refractivity contribution is 7.92. The normalized spacial score (nSPS) is 10.7. The molecule has 2 rings (SSSR count). The Hall–Kier alpha value is -2.89. The first kappa shape index (κ1) is 24.4. The first-order chi connectivity index (χ1) is 14.6. The molecule has 0 aromatic heterocycles. The summed E-state index contributed by atoms with van der Waals surface area (Å²) < 4.78 is 43.1. The Balaban J connectivity index is 2.33. The highest BCUT2D eigenvalue weighted by Crippen LogP contribution is 2.37. The number of halogens is 2. The lowest BCUT2D eigenvalue weighted by atomic mass is 10.2. The fraction of sp³-hybridized carbons (Fsp3) is 0.222. The standard InChI is InChI=1S/C18H19Cl2N3O7S/c1-4-30-18(25)22-21-17(24)10-5-6-11(19)16(7-10)31(26,27)23-13-8-12(20)14(28-2)9-15(13)29-3/h5-9,23H,4H2,1-3H3,(H,21,24)(H,22,25). The lowest BCUT2D eigenvalue weighted by molar-refractivity contribution is 0.0912. The van der Waals surface area contributed by atoms with Gasteiger partial charge in [0.25, 0.3) is 15.9 Å². The largest absolute Gasteiger partial charge is 0.495 e. The lowest BCUT2D eigenvalue weighted by Crippen LogP contribution is -2.42. The van der Waals surface area contributed by atoms with Gasteiger partial charge in [-0.2, -0.15) is 0 Å². The minimum Gasteiger partial charge on any atom is -0.495 e. The number of amides is 2. The molecule has 0 spiro atoms. The molecule has 3 N–H and O–H groups in total. The predicted octanol–water partition coefficient (Wildman–Crippen LogP) is 3.20. The van der Waals surface area contributed by atoms with Gasteiger partial charge >= 0.3 is 6.09 Å². The number of rotatable bonds is 7. The van der Waals surface area contributed by atoms with Crippen molar-refractivity contribution < 1.29 is 32.2 Å². The number of sulfonamides is 1. The summed E-state index contributed by atoms with van der Waals surface area (Å²) in [5.74, 6) is -0.355. The lowest BCUT2D eigenvalue weighted by Gasteiger charge is -2.15. The van der Waals surface area contributed by atoms with Crippen molar-refractivity contribution in [2.24, 2.45) is 0 Å². The molecule has 168 valence electrons. The number of hydrogen-bond acceptors (Lipinski definition) is 7. The van der Waals surface area contributed by atoms with E-state index in [0.29, 0.717) is 0 Å². The molecular formula is C18H19Cl2N3O7S. The highest BCUT2D eigenvalue weighted by Gasteiger charge is 2.23. The number of methoxy groups -OCH3 is 2. The van der Waals surface area contributed by atoms with Crippen LogP contribution in [0.5, 0.6) is 11.5 Å². The van der Waals surface area contributed by atoms with E-state index in [1.807, 2.05) is 5.43 Å². The van der Waals surface area contributed by atoms with Crippen LogP contribution >= 0.6 is 23.2 Å². The second kappa shape index (κ2) is 10.4. The van der Waals surface area contributed by atoms with Crippen molar-refractivity contribution in [1.29, 1.82) is 0 Å². The number of ether oxygens (including phenoxy) is 3. The zero-order valence-electron chi connectivity index (χ0n) is 16.6. The maximum Gasteiger partial charge on any atom is 0.426 e. The Kier molecular flexibility index (Phi) is 8.20. The predicted molar refractivity (Wildman–Crippen MR) is 114 cm³/mol. The van der Waals surface area contributed by atoms with E-state index in [4.69, 9.17) is 32.7 Å². The molecule has 0 bridgehead atoms. The van der Waals surface area contributed by atoms with Gasteiger partial charge < -0.3 is 14.2 Å². The van der Waals surface area contributed by atoms with Gasteiger partial charge in [0.1, 0.15) is 16.4 Å². The smallest absolute Gasteiger partial charge is 0.426 e. The van der Waals surface area contributed by atoms with Crippen LogP contribution in [0.2, 0.25) is 10.0 Å². The van der Waals surface area contributed by atoms with Gasteiger partial charge in [-0.05, 0) is 31.2 Å². The van der Waals surface area contributed by atoms with E-state index in [9.17, 15) is 18.0 Å². The second-order valence-electron chi connectivity index (χ2n) is 5.74. The molecule has 2 aromatic carbocycles. The van der Waals surface area contributed by atoms with Gasteiger partial charge in [0.15, 0.2) is 0 Å². The molecule has 0 heterocycles. The second-order valence-corrected chi connectivity index (χ2v) is 8.20. The molecule has 0 aliphatic carbocycles. The molecule has 13 heteroatoms. The minimum atomic E-state index is -4.26. The Labute approximate surface area is 188 Å². The summed E-state index contributed by atoms with van der Waals surface area (Å²) in [5, 5.41) is 0.00578. The first-order valence-electron chi connectivity index (χ1n) is 8.60. The van der Waals surface area contributed by atoms with E-state index in [1.165, 1.54) is 38.5 Å². The zero-order valence-corrected chi connectivity index (χ0v) is 18.9. The highest BCUT2D eigenvalue weighted by atomic mass is 35.5. The summed E-state index contributed by atoms with van der Waals surface area (Å²) in [5.41, 5.74) is 4.07. The van der Waals surface area contributed by atoms with Crippen molar-refractivity contribution in [3.8, 4) is 11.5 Å². The number of carbonyl (C=O) groups excluding carboxylic acids is 2.